The lowest BCUT2D eigenvalue weighted by Gasteiger charge is -2.30. The van der Waals surface area contributed by atoms with Crippen molar-refractivity contribution in [3.8, 4) is 0 Å². The molecule has 0 aliphatic heterocycles. The number of amides is 1. The van der Waals surface area contributed by atoms with E-state index in [9.17, 15) is 9.90 Å². The van der Waals surface area contributed by atoms with Gasteiger partial charge in [-0.05, 0) is 51.7 Å². The number of carbonyl (C=O) groups excluding carboxylic acids is 1. The van der Waals surface area contributed by atoms with Crippen LogP contribution in [-0.2, 0) is 4.74 Å². The number of benzene rings is 2. The standard InChI is InChI=1S/C27H37NO3/c1-19(2)17-25(29)24(22-13-9-7-10-14-22)18-26(23-15-11-8-12-16-23)31-27(30)28(20(3)4)21(5)6/h7-16,18-21,24-25,29H,17H2,1-6H3/b26-18-/t24-,25-/m1/s1. The molecule has 0 aromatic heterocycles. The van der Waals surface area contributed by atoms with Gasteiger partial charge in [0.15, 0.2) is 0 Å². The van der Waals surface area contributed by atoms with Crippen LogP contribution in [0.25, 0.3) is 5.76 Å². The van der Waals surface area contributed by atoms with Crippen molar-refractivity contribution < 1.29 is 14.6 Å². The number of nitrogens with zero attached hydrogens (tertiary/aromatic N) is 1. The molecule has 1 N–H and O–H groups in total. The fraction of sp³-hybridized carbons (Fsp3) is 0.444. The summed E-state index contributed by atoms with van der Waals surface area (Å²) in [5.74, 6) is 0.515. The Hall–Kier alpha value is -2.59. The van der Waals surface area contributed by atoms with Gasteiger partial charge in [0.2, 0.25) is 0 Å². The van der Waals surface area contributed by atoms with E-state index in [1.807, 2.05) is 94.4 Å². The third kappa shape index (κ3) is 7.25. The number of ether oxygens (including phenoxy) is 1. The molecule has 2 aromatic carbocycles. The van der Waals surface area contributed by atoms with E-state index in [1.54, 1.807) is 4.90 Å². The topological polar surface area (TPSA) is 49.8 Å². The lowest BCUT2D eigenvalue weighted by molar-refractivity contribution is 0.112. The van der Waals surface area contributed by atoms with Crippen LogP contribution in [0.15, 0.2) is 66.7 Å². The predicted molar refractivity (Wildman–Crippen MR) is 128 cm³/mol. The quantitative estimate of drug-likeness (QED) is 0.470. The fourth-order valence-electron chi connectivity index (χ4n) is 3.85. The van der Waals surface area contributed by atoms with E-state index in [0.717, 1.165) is 11.1 Å². The molecule has 0 radical (unpaired) electrons. The molecule has 0 bridgehead atoms. The molecule has 2 aromatic rings. The molecular formula is C27H37NO3. The average molecular weight is 424 g/mol. The third-order valence-corrected chi connectivity index (χ3v) is 5.22. The van der Waals surface area contributed by atoms with Crippen LogP contribution >= 0.6 is 0 Å². The monoisotopic (exact) mass is 423 g/mol. The van der Waals surface area contributed by atoms with E-state index in [2.05, 4.69) is 13.8 Å². The summed E-state index contributed by atoms with van der Waals surface area (Å²) in [6.07, 6.45) is 1.57. The average Bonchev–Trinajstić information content (AvgIpc) is 2.71. The minimum Gasteiger partial charge on any atom is -0.410 e. The Balaban J connectivity index is 2.50. The maximum Gasteiger partial charge on any atom is 0.415 e. The van der Waals surface area contributed by atoms with E-state index in [1.165, 1.54) is 0 Å². The molecule has 2 atom stereocenters. The third-order valence-electron chi connectivity index (χ3n) is 5.22. The highest BCUT2D eigenvalue weighted by molar-refractivity contribution is 5.77. The van der Waals surface area contributed by atoms with E-state index in [-0.39, 0.29) is 24.1 Å². The SMILES string of the molecule is CC(C)C[C@@H](O)[C@H](/C=C(\OC(=O)N(C(C)C)C(C)C)c1ccccc1)c1ccccc1. The summed E-state index contributed by atoms with van der Waals surface area (Å²) < 4.78 is 5.97. The number of aliphatic hydroxyl groups is 1. The maximum absolute atomic E-state index is 13.1. The number of hydrogen-bond donors (Lipinski definition) is 1. The molecule has 0 heterocycles. The van der Waals surface area contributed by atoms with E-state index >= 15 is 0 Å². The van der Waals surface area contributed by atoms with Gasteiger partial charge >= 0.3 is 6.09 Å². The molecule has 168 valence electrons. The number of carbonyl (C=O) groups is 1. The molecule has 0 saturated carbocycles. The first-order valence-corrected chi connectivity index (χ1v) is 11.2. The maximum atomic E-state index is 13.1. The van der Waals surface area contributed by atoms with Gasteiger partial charge in [-0.1, -0.05) is 74.5 Å². The van der Waals surface area contributed by atoms with Crippen LogP contribution in [0.1, 0.15) is 65.0 Å². The Morgan fingerprint density at radius 3 is 1.90 bits per heavy atom. The van der Waals surface area contributed by atoms with Crippen molar-refractivity contribution in [2.45, 2.75) is 72.1 Å². The lowest BCUT2D eigenvalue weighted by Crippen LogP contribution is -2.42. The normalized spacial score (nSPS) is 14.1. The second kappa shape index (κ2) is 11.7. The van der Waals surface area contributed by atoms with E-state index < -0.39 is 6.10 Å². The van der Waals surface area contributed by atoms with Crippen LogP contribution < -0.4 is 0 Å². The Labute approximate surface area is 187 Å². The van der Waals surface area contributed by atoms with Crippen LogP contribution in [0, 0.1) is 5.92 Å². The molecule has 0 spiro atoms. The van der Waals surface area contributed by atoms with E-state index in [0.29, 0.717) is 18.1 Å². The molecule has 2 rings (SSSR count). The van der Waals surface area contributed by atoms with Gasteiger partial charge in [0.05, 0.1) is 6.10 Å². The summed E-state index contributed by atoms with van der Waals surface area (Å²) in [5.41, 5.74) is 1.80. The number of aliphatic hydroxyl groups excluding tert-OH is 1. The summed E-state index contributed by atoms with van der Waals surface area (Å²) in [6, 6.07) is 19.5. The molecule has 0 aliphatic rings. The van der Waals surface area contributed by atoms with Gasteiger partial charge in [-0.2, -0.15) is 0 Å². The highest BCUT2D eigenvalue weighted by Gasteiger charge is 2.26. The second-order valence-electron chi connectivity index (χ2n) is 8.99. The molecule has 4 heteroatoms. The largest absolute Gasteiger partial charge is 0.415 e. The minimum absolute atomic E-state index is 0.0148. The van der Waals surface area contributed by atoms with Crippen molar-refractivity contribution >= 4 is 11.9 Å². The van der Waals surface area contributed by atoms with Crippen molar-refractivity contribution in [1.82, 2.24) is 4.90 Å². The number of hydrogen-bond acceptors (Lipinski definition) is 3. The van der Waals surface area contributed by atoms with Gasteiger partial charge in [-0.15, -0.1) is 0 Å². The van der Waals surface area contributed by atoms with Crippen LogP contribution in [-0.4, -0.2) is 34.3 Å². The van der Waals surface area contributed by atoms with Crippen LogP contribution in [0.3, 0.4) is 0 Å². The molecule has 4 nitrogen and oxygen atoms in total. The Morgan fingerprint density at radius 1 is 0.903 bits per heavy atom. The molecule has 1 amide bonds. The molecule has 0 saturated heterocycles. The summed E-state index contributed by atoms with van der Waals surface area (Å²) in [4.78, 5) is 14.8. The molecular weight excluding hydrogens is 386 g/mol. The van der Waals surface area contributed by atoms with Crippen LogP contribution in [0.2, 0.25) is 0 Å². The second-order valence-corrected chi connectivity index (χ2v) is 8.99. The van der Waals surface area contributed by atoms with Crippen molar-refractivity contribution in [2.75, 3.05) is 0 Å². The van der Waals surface area contributed by atoms with E-state index in [4.69, 9.17) is 4.74 Å². The zero-order valence-corrected chi connectivity index (χ0v) is 19.7. The van der Waals surface area contributed by atoms with Gasteiger partial charge in [0.25, 0.3) is 0 Å². The molecule has 0 unspecified atom stereocenters. The van der Waals surface area contributed by atoms with Crippen molar-refractivity contribution in [3.63, 3.8) is 0 Å². The highest BCUT2D eigenvalue weighted by atomic mass is 16.6. The van der Waals surface area contributed by atoms with Gasteiger partial charge in [-0.3, -0.25) is 0 Å². The smallest absolute Gasteiger partial charge is 0.410 e. The summed E-state index contributed by atoms with van der Waals surface area (Å²) in [6.45, 7) is 12.1. The van der Waals surface area contributed by atoms with Crippen LogP contribution in [0.5, 0.6) is 0 Å². The fourth-order valence-corrected chi connectivity index (χ4v) is 3.85. The first-order valence-electron chi connectivity index (χ1n) is 11.2. The zero-order valence-electron chi connectivity index (χ0n) is 19.7. The minimum atomic E-state index is -0.592. The molecule has 0 fully saturated rings. The number of rotatable bonds is 9. The Kier molecular flexibility index (Phi) is 9.32. The Bertz CT molecular complexity index is 820. The van der Waals surface area contributed by atoms with Crippen LogP contribution in [0.4, 0.5) is 4.79 Å². The van der Waals surface area contributed by atoms with Crippen molar-refractivity contribution in [3.05, 3.63) is 77.9 Å². The lowest BCUT2D eigenvalue weighted by atomic mass is 9.87. The zero-order chi connectivity index (χ0) is 23.0. The first kappa shape index (κ1) is 24.7. The van der Waals surface area contributed by atoms with Crippen molar-refractivity contribution in [2.24, 2.45) is 5.92 Å². The predicted octanol–water partition coefficient (Wildman–Crippen LogP) is 6.47. The van der Waals surface area contributed by atoms with Gasteiger partial charge in [-0.25, -0.2) is 4.79 Å². The Morgan fingerprint density at radius 2 is 1.42 bits per heavy atom. The molecule has 31 heavy (non-hydrogen) atoms. The summed E-state index contributed by atoms with van der Waals surface area (Å²) in [5, 5.41) is 11.1. The highest BCUT2D eigenvalue weighted by Crippen LogP contribution is 2.30. The summed E-state index contributed by atoms with van der Waals surface area (Å²) >= 11 is 0. The van der Waals surface area contributed by atoms with Gasteiger partial charge < -0.3 is 14.7 Å². The van der Waals surface area contributed by atoms with Gasteiger partial charge in [0, 0.05) is 23.6 Å². The van der Waals surface area contributed by atoms with Gasteiger partial charge in [0.1, 0.15) is 5.76 Å². The first-order chi connectivity index (χ1) is 14.7. The van der Waals surface area contributed by atoms with Crippen molar-refractivity contribution in [1.29, 1.82) is 0 Å². The summed E-state index contributed by atoms with van der Waals surface area (Å²) in [7, 11) is 0. The molecule has 0 aliphatic carbocycles.